The largest absolute Gasteiger partial charge is 0.481 e. The number of carboxylic acid groups (broad SMARTS) is 1. The zero-order valence-electron chi connectivity index (χ0n) is 16.8. The molecule has 2 aliphatic rings. The first-order valence-electron chi connectivity index (χ1n) is 10.3. The van der Waals surface area contributed by atoms with Crippen LogP contribution in [0.15, 0.2) is 59.2 Å². The van der Waals surface area contributed by atoms with Gasteiger partial charge in [-0.2, -0.15) is 5.10 Å². The van der Waals surface area contributed by atoms with E-state index in [0.717, 1.165) is 41.7 Å². The maximum absolute atomic E-state index is 12.9. The molecule has 31 heavy (non-hydrogen) atoms. The van der Waals surface area contributed by atoms with Crippen molar-refractivity contribution < 1.29 is 14.7 Å². The van der Waals surface area contributed by atoms with Crippen LogP contribution in [0.2, 0.25) is 10.0 Å². The summed E-state index contributed by atoms with van der Waals surface area (Å²) in [7, 11) is 0. The van der Waals surface area contributed by atoms with Gasteiger partial charge in [-0.15, -0.1) is 0 Å². The van der Waals surface area contributed by atoms with Gasteiger partial charge in [0.25, 0.3) is 0 Å². The lowest BCUT2D eigenvalue weighted by molar-refractivity contribution is -0.141. The van der Waals surface area contributed by atoms with Crippen molar-refractivity contribution in [3.8, 4) is 0 Å². The number of hydrazone groups is 1. The molecule has 0 aromatic heterocycles. The fourth-order valence-electron chi connectivity index (χ4n) is 4.29. The summed E-state index contributed by atoms with van der Waals surface area (Å²) in [5, 5.41) is 16.6. The van der Waals surface area contributed by atoms with Crippen LogP contribution < -0.4 is 0 Å². The highest BCUT2D eigenvalue weighted by molar-refractivity contribution is 6.30. The Labute approximate surface area is 191 Å². The number of aliphatic carboxylic acids is 1. The van der Waals surface area contributed by atoms with Gasteiger partial charge in [-0.3, -0.25) is 9.59 Å². The number of fused-ring (bicyclic) bond motifs is 1. The minimum atomic E-state index is -0.996. The molecule has 0 bridgehead atoms. The summed E-state index contributed by atoms with van der Waals surface area (Å²) >= 11 is 12.1. The summed E-state index contributed by atoms with van der Waals surface area (Å²) < 4.78 is 0. The number of amides is 1. The zero-order valence-corrected chi connectivity index (χ0v) is 18.3. The normalized spacial score (nSPS) is 21.7. The Hall–Kier alpha value is -2.63. The number of hydrogen-bond donors (Lipinski definition) is 1. The van der Waals surface area contributed by atoms with Gasteiger partial charge in [0.1, 0.15) is 0 Å². The number of carboxylic acids is 1. The third kappa shape index (κ3) is 4.83. The summed E-state index contributed by atoms with van der Waals surface area (Å²) in [6.45, 7) is 0. The van der Waals surface area contributed by atoms with E-state index in [1.54, 1.807) is 0 Å². The predicted molar refractivity (Wildman–Crippen MR) is 122 cm³/mol. The lowest BCUT2D eigenvalue weighted by atomic mass is 9.77. The highest BCUT2D eigenvalue weighted by atomic mass is 35.5. The molecule has 2 aromatic rings. The van der Waals surface area contributed by atoms with Crippen molar-refractivity contribution in [2.45, 2.75) is 38.1 Å². The van der Waals surface area contributed by atoms with Gasteiger partial charge in [0.15, 0.2) is 0 Å². The van der Waals surface area contributed by atoms with Crippen LogP contribution in [0.3, 0.4) is 0 Å². The Kier molecular flexibility index (Phi) is 6.44. The van der Waals surface area contributed by atoms with Crippen molar-refractivity contribution in [1.82, 2.24) is 5.01 Å². The van der Waals surface area contributed by atoms with Crippen LogP contribution in [0.5, 0.6) is 0 Å². The molecule has 1 aliphatic carbocycles. The van der Waals surface area contributed by atoms with Crippen LogP contribution in [0, 0.1) is 5.92 Å². The molecule has 0 saturated heterocycles. The van der Waals surface area contributed by atoms with Crippen LogP contribution in [-0.2, 0) is 9.59 Å². The fourth-order valence-corrected chi connectivity index (χ4v) is 4.54. The molecular weight excluding hydrogens is 435 g/mol. The molecule has 1 heterocycles. The van der Waals surface area contributed by atoms with Crippen molar-refractivity contribution in [2.75, 3.05) is 0 Å². The lowest BCUT2D eigenvalue weighted by Crippen LogP contribution is -2.32. The molecule has 0 radical (unpaired) electrons. The van der Waals surface area contributed by atoms with Gasteiger partial charge in [-0.05, 0) is 66.3 Å². The summed E-state index contributed by atoms with van der Waals surface area (Å²) in [4.78, 5) is 23.9. The van der Waals surface area contributed by atoms with Crippen LogP contribution in [0.25, 0.3) is 6.08 Å². The van der Waals surface area contributed by atoms with Gasteiger partial charge < -0.3 is 5.11 Å². The van der Waals surface area contributed by atoms with Crippen molar-refractivity contribution in [3.05, 3.63) is 75.3 Å². The van der Waals surface area contributed by atoms with Crippen molar-refractivity contribution in [3.63, 3.8) is 0 Å². The molecule has 1 N–H and O–H groups in total. The fraction of sp³-hybridized carbons (Fsp3) is 0.292. The maximum atomic E-state index is 12.9. The molecule has 7 heteroatoms. The number of carbonyl (C=O) groups is 2. The average molecular weight is 457 g/mol. The second-order valence-corrected chi connectivity index (χ2v) is 8.71. The molecule has 2 aromatic carbocycles. The monoisotopic (exact) mass is 456 g/mol. The molecular formula is C24H22Cl2N2O3. The Morgan fingerprint density at radius 3 is 2.32 bits per heavy atom. The number of hydrogen-bond acceptors (Lipinski definition) is 3. The quantitative estimate of drug-likeness (QED) is 0.601. The van der Waals surface area contributed by atoms with E-state index >= 15 is 0 Å². The molecule has 5 nitrogen and oxygen atoms in total. The molecule has 0 unspecified atom stereocenters. The standard InChI is InChI=1S/C24H22Cl2N2O3/c25-18-8-4-15(5-9-18)14-17-2-1-3-20-23(17)27-28(21(29)12-13-22(30)31)24(20)16-6-10-19(26)11-7-16/h4-11,14,20,24H,1-3,12-13H2,(H,30,31)/b17-14-/t20-,24-/m0/s1. The first-order chi connectivity index (χ1) is 14.9. The topological polar surface area (TPSA) is 70.0 Å². The summed E-state index contributed by atoms with van der Waals surface area (Å²) in [5.41, 5.74) is 3.99. The van der Waals surface area contributed by atoms with Crippen LogP contribution in [0.1, 0.15) is 49.3 Å². The second-order valence-electron chi connectivity index (χ2n) is 7.83. The van der Waals surface area contributed by atoms with Crippen LogP contribution in [0.4, 0.5) is 0 Å². The maximum Gasteiger partial charge on any atom is 0.303 e. The Balaban J connectivity index is 1.70. The van der Waals surface area contributed by atoms with Crippen LogP contribution in [-0.4, -0.2) is 27.7 Å². The van der Waals surface area contributed by atoms with Crippen molar-refractivity contribution in [1.29, 1.82) is 0 Å². The third-order valence-electron chi connectivity index (χ3n) is 5.73. The van der Waals surface area contributed by atoms with E-state index in [4.69, 9.17) is 33.4 Å². The first kappa shape index (κ1) is 21.6. The zero-order chi connectivity index (χ0) is 22.0. The molecule has 0 spiro atoms. The minimum Gasteiger partial charge on any atom is -0.481 e. The molecule has 1 aliphatic heterocycles. The number of halogens is 2. The molecule has 1 saturated carbocycles. The average Bonchev–Trinajstić information content (AvgIpc) is 3.15. The smallest absolute Gasteiger partial charge is 0.303 e. The van der Waals surface area contributed by atoms with Crippen LogP contribution >= 0.6 is 23.2 Å². The highest BCUT2D eigenvalue weighted by Gasteiger charge is 2.43. The number of allylic oxidation sites excluding steroid dienone is 1. The van der Waals surface area contributed by atoms with Crippen molar-refractivity contribution >= 4 is 46.9 Å². The van der Waals surface area contributed by atoms with E-state index < -0.39 is 5.97 Å². The van der Waals surface area contributed by atoms with Gasteiger partial charge >= 0.3 is 5.97 Å². The molecule has 1 amide bonds. The van der Waals surface area contributed by atoms with E-state index in [1.807, 2.05) is 48.5 Å². The summed E-state index contributed by atoms with van der Waals surface area (Å²) in [5.74, 6) is -1.22. The summed E-state index contributed by atoms with van der Waals surface area (Å²) in [6, 6.07) is 14.8. The lowest BCUT2D eigenvalue weighted by Gasteiger charge is -2.29. The molecule has 2 atom stereocenters. The van der Waals surface area contributed by atoms with Gasteiger partial charge in [-0.25, -0.2) is 5.01 Å². The van der Waals surface area contributed by atoms with Gasteiger partial charge in [0, 0.05) is 22.4 Å². The number of carbonyl (C=O) groups excluding carboxylic acids is 1. The van der Waals surface area contributed by atoms with E-state index in [0.29, 0.717) is 10.0 Å². The number of rotatable bonds is 5. The third-order valence-corrected chi connectivity index (χ3v) is 6.24. The Morgan fingerprint density at radius 1 is 1.03 bits per heavy atom. The van der Waals surface area contributed by atoms with E-state index in [-0.39, 0.29) is 30.7 Å². The van der Waals surface area contributed by atoms with Gasteiger partial charge in [0.05, 0.1) is 18.2 Å². The molecule has 4 rings (SSSR count). The number of benzene rings is 2. The number of nitrogens with zero attached hydrogens (tertiary/aromatic N) is 2. The Bertz CT molecular complexity index is 1050. The van der Waals surface area contributed by atoms with Gasteiger partial charge in [0.2, 0.25) is 5.91 Å². The van der Waals surface area contributed by atoms with Crippen molar-refractivity contribution in [2.24, 2.45) is 11.0 Å². The Morgan fingerprint density at radius 2 is 1.68 bits per heavy atom. The van der Waals surface area contributed by atoms with Gasteiger partial charge in [-0.1, -0.05) is 47.5 Å². The summed E-state index contributed by atoms with van der Waals surface area (Å²) in [6.07, 6.45) is 4.58. The second kappa shape index (κ2) is 9.25. The first-order valence-corrected chi connectivity index (χ1v) is 11.0. The van der Waals surface area contributed by atoms with E-state index in [2.05, 4.69) is 6.08 Å². The highest BCUT2D eigenvalue weighted by Crippen LogP contribution is 2.44. The van der Waals surface area contributed by atoms with E-state index in [9.17, 15) is 9.59 Å². The molecule has 160 valence electrons. The SMILES string of the molecule is O=C(O)CCC(=O)N1N=C2/C(=C\c3ccc(Cl)cc3)CCC[C@@H]2[C@@H]1c1ccc(Cl)cc1. The minimum absolute atomic E-state index is 0.0576. The van der Waals surface area contributed by atoms with E-state index in [1.165, 1.54) is 5.01 Å². The predicted octanol–water partition coefficient (Wildman–Crippen LogP) is 5.98. The molecule has 1 fully saturated rings.